The Bertz CT molecular complexity index is 209. The van der Waals surface area contributed by atoms with Gasteiger partial charge in [-0.1, -0.05) is 20.8 Å². The molecular formula is C12H22OS. The normalized spacial score (nSPS) is 28.0. The van der Waals surface area contributed by atoms with Crippen LogP contribution in [0.3, 0.4) is 0 Å². The Hall–Kier alpha value is 0.0200. The van der Waals surface area contributed by atoms with Crippen molar-refractivity contribution in [1.82, 2.24) is 0 Å². The highest BCUT2D eigenvalue weighted by Gasteiger charge is 2.36. The maximum atomic E-state index is 12.0. The van der Waals surface area contributed by atoms with Gasteiger partial charge in [0.2, 0.25) is 0 Å². The number of ketones is 1. The molecule has 1 rings (SSSR count). The van der Waals surface area contributed by atoms with Crippen LogP contribution in [-0.4, -0.2) is 16.3 Å². The maximum absolute atomic E-state index is 12.0. The molecule has 0 aromatic heterocycles. The Balaban J connectivity index is 2.42. The zero-order valence-electron chi connectivity index (χ0n) is 9.85. The first-order chi connectivity index (χ1) is 6.33. The highest BCUT2D eigenvalue weighted by Crippen LogP contribution is 2.40. The fourth-order valence-electron chi connectivity index (χ4n) is 1.75. The van der Waals surface area contributed by atoms with Crippen molar-refractivity contribution in [2.75, 3.05) is 5.75 Å². The number of carbonyl (C=O) groups is 1. The molecule has 0 radical (unpaired) electrons. The molecule has 1 aliphatic rings. The van der Waals surface area contributed by atoms with Crippen LogP contribution in [0.4, 0.5) is 0 Å². The smallest absolute Gasteiger partial charge is 0.148 e. The molecule has 0 bridgehead atoms. The van der Waals surface area contributed by atoms with Gasteiger partial charge in [-0.3, -0.25) is 4.79 Å². The molecular weight excluding hydrogens is 192 g/mol. The Morgan fingerprint density at radius 3 is 2.50 bits per heavy atom. The molecule has 0 aliphatic carbocycles. The van der Waals surface area contributed by atoms with Gasteiger partial charge in [-0.25, -0.2) is 0 Å². The van der Waals surface area contributed by atoms with Crippen molar-refractivity contribution in [2.45, 2.75) is 58.1 Å². The Kier molecular flexibility index (Phi) is 3.68. The highest BCUT2D eigenvalue weighted by molar-refractivity contribution is 8.01. The summed E-state index contributed by atoms with van der Waals surface area (Å²) in [5.41, 5.74) is 0.287. The summed E-state index contributed by atoms with van der Waals surface area (Å²) >= 11 is 1.85. The van der Waals surface area contributed by atoms with Crippen LogP contribution in [0, 0.1) is 5.41 Å². The number of hydrogen-bond donors (Lipinski definition) is 0. The topological polar surface area (TPSA) is 17.1 Å². The number of Topliss-reactive ketones (excluding diaryl/α,β-unsaturated/α-hetero) is 1. The van der Waals surface area contributed by atoms with Crippen LogP contribution < -0.4 is 0 Å². The maximum Gasteiger partial charge on any atom is 0.148 e. The molecule has 0 saturated carbocycles. The van der Waals surface area contributed by atoms with Gasteiger partial charge in [0.1, 0.15) is 5.78 Å². The van der Waals surface area contributed by atoms with E-state index in [0.717, 1.165) is 25.0 Å². The molecule has 1 aliphatic heterocycles. The van der Waals surface area contributed by atoms with E-state index in [0.29, 0.717) is 5.78 Å². The summed E-state index contributed by atoms with van der Waals surface area (Å²) in [6.45, 7) is 8.72. The van der Waals surface area contributed by atoms with Gasteiger partial charge < -0.3 is 0 Å². The summed E-state index contributed by atoms with van der Waals surface area (Å²) < 4.78 is -0.0503. The van der Waals surface area contributed by atoms with E-state index in [1.165, 1.54) is 6.42 Å². The average Bonchev–Trinajstić information content (AvgIpc) is 2.48. The first kappa shape index (κ1) is 12.1. The molecule has 1 nitrogen and oxygen atoms in total. The molecule has 0 spiro atoms. The van der Waals surface area contributed by atoms with Gasteiger partial charge in [-0.2, -0.15) is 0 Å². The first-order valence-electron chi connectivity index (χ1n) is 5.51. The molecule has 1 saturated heterocycles. The van der Waals surface area contributed by atoms with Crippen molar-refractivity contribution in [3.63, 3.8) is 0 Å². The standard InChI is InChI=1S/C12H22OS/c1-11(2,3)8-6-10(13)12(4)7-5-9-14-12/h5-9H2,1-4H3. The molecule has 1 unspecified atom stereocenters. The van der Waals surface area contributed by atoms with Gasteiger partial charge in [-0.15, -0.1) is 11.8 Å². The van der Waals surface area contributed by atoms with Gasteiger partial charge in [0.15, 0.2) is 0 Å². The van der Waals surface area contributed by atoms with E-state index >= 15 is 0 Å². The molecule has 0 N–H and O–H groups in total. The molecule has 1 heterocycles. The van der Waals surface area contributed by atoms with Gasteiger partial charge in [0, 0.05) is 6.42 Å². The van der Waals surface area contributed by atoms with E-state index in [9.17, 15) is 4.79 Å². The molecule has 1 atom stereocenters. The van der Waals surface area contributed by atoms with E-state index < -0.39 is 0 Å². The van der Waals surface area contributed by atoms with E-state index in [4.69, 9.17) is 0 Å². The first-order valence-corrected chi connectivity index (χ1v) is 6.49. The lowest BCUT2D eigenvalue weighted by Gasteiger charge is -2.24. The zero-order valence-corrected chi connectivity index (χ0v) is 10.7. The van der Waals surface area contributed by atoms with Crippen LogP contribution in [0.25, 0.3) is 0 Å². The number of hydrogen-bond acceptors (Lipinski definition) is 2. The fraction of sp³-hybridized carbons (Fsp3) is 0.917. The largest absolute Gasteiger partial charge is 0.298 e. The molecule has 0 aromatic carbocycles. The third kappa shape index (κ3) is 3.30. The number of carbonyl (C=O) groups excluding carboxylic acids is 1. The van der Waals surface area contributed by atoms with E-state index in [1.807, 2.05) is 11.8 Å². The lowest BCUT2D eigenvalue weighted by molar-refractivity contribution is -0.121. The van der Waals surface area contributed by atoms with E-state index in [2.05, 4.69) is 27.7 Å². The Morgan fingerprint density at radius 2 is 2.07 bits per heavy atom. The predicted molar refractivity (Wildman–Crippen MR) is 63.8 cm³/mol. The van der Waals surface area contributed by atoms with Crippen LogP contribution in [0.1, 0.15) is 53.4 Å². The Labute approximate surface area is 92.0 Å². The highest BCUT2D eigenvalue weighted by atomic mass is 32.2. The van der Waals surface area contributed by atoms with E-state index in [-0.39, 0.29) is 10.2 Å². The second-order valence-corrected chi connectivity index (χ2v) is 7.26. The van der Waals surface area contributed by atoms with Gasteiger partial charge in [0.05, 0.1) is 4.75 Å². The van der Waals surface area contributed by atoms with Crippen LogP contribution >= 0.6 is 11.8 Å². The summed E-state index contributed by atoms with van der Waals surface area (Å²) in [5.74, 6) is 1.63. The lowest BCUT2D eigenvalue weighted by Crippen LogP contribution is -2.29. The van der Waals surface area contributed by atoms with Gasteiger partial charge in [0.25, 0.3) is 0 Å². The summed E-state index contributed by atoms with van der Waals surface area (Å²) in [6.07, 6.45) is 4.07. The molecule has 1 fully saturated rings. The molecule has 82 valence electrons. The van der Waals surface area contributed by atoms with Gasteiger partial charge in [-0.05, 0) is 37.4 Å². The van der Waals surface area contributed by atoms with Crippen molar-refractivity contribution in [1.29, 1.82) is 0 Å². The Morgan fingerprint density at radius 1 is 1.43 bits per heavy atom. The second kappa shape index (κ2) is 4.26. The number of thioether (sulfide) groups is 1. The molecule has 0 aromatic rings. The SMILES string of the molecule is CC(C)(C)CCC(=O)C1(C)CCCS1. The van der Waals surface area contributed by atoms with Crippen molar-refractivity contribution in [3.8, 4) is 0 Å². The molecule has 14 heavy (non-hydrogen) atoms. The van der Waals surface area contributed by atoms with E-state index in [1.54, 1.807) is 0 Å². The third-order valence-corrected chi connectivity index (χ3v) is 4.47. The van der Waals surface area contributed by atoms with Crippen molar-refractivity contribution in [3.05, 3.63) is 0 Å². The summed E-state index contributed by atoms with van der Waals surface area (Å²) in [5, 5.41) is 0. The minimum atomic E-state index is -0.0503. The zero-order chi connectivity index (χ0) is 10.8. The lowest BCUT2D eigenvalue weighted by atomic mass is 9.86. The quantitative estimate of drug-likeness (QED) is 0.713. The summed E-state index contributed by atoms with van der Waals surface area (Å²) in [4.78, 5) is 12.0. The van der Waals surface area contributed by atoms with Crippen molar-refractivity contribution in [2.24, 2.45) is 5.41 Å². The molecule has 0 amide bonds. The van der Waals surface area contributed by atoms with Crippen molar-refractivity contribution < 1.29 is 4.79 Å². The average molecular weight is 214 g/mol. The van der Waals surface area contributed by atoms with Crippen LogP contribution in [0.15, 0.2) is 0 Å². The van der Waals surface area contributed by atoms with Crippen LogP contribution in [0.5, 0.6) is 0 Å². The van der Waals surface area contributed by atoms with Crippen LogP contribution in [0.2, 0.25) is 0 Å². The monoisotopic (exact) mass is 214 g/mol. The fourth-order valence-corrected chi connectivity index (χ4v) is 3.04. The minimum absolute atomic E-state index is 0.0503. The number of rotatable bonds is 3. The predicted octanol–water partition coefficient (Wildman–Crippen LogP) is 3.67. The minimum Gasteiger partial charge on any atom is -0.298 e. The van der Waals surface area contributed by atoms with Crippen molar-refractivity contribution >= 4 is 17.5 Å². The second-order valence-electron chi connectivity index (χ2n) is 5.67. The van der Waals surface area contributed by atoms with Crippen LogP contribution in [-0.2, 0) is 4.79 Å². The molecule has 2 heteroatoms. The van der Waals surface area contributed by atoms with Gasteiger partial charge >= 0.3 is 0 Å². The third-order valence-electron chi connectivity index (χ3n) is 2.91. The summed E-state index contributed by atoms with van der Waals surface area (Å²) in [7, 11) is 0. The summed E-state index contributed by atoms with van der Waals surface area (Å²) in [6, 6.07) is 0.